The molecule has 0 unspecified atom stereocenters. The molecular weight excluding hydrogens is 273 g/mol. The summed E-state index contributed by atoms with van der Waals surface area (Å²) in [4.78, 5) is 23.7. The van der Waals surface area contributed by atoms with Crippen molar-refractivity contribution < 1.29 is 9.59 Å². The zero-order chi connectivity index (χ0) is 13.3. The number of Topliss-reactive ketones (excluding diaryl/α,β-unsaturated/α-hetero) is 2. The van der Waals surface area contributed by atoms with E-state index >= 15 is 0 Å². The molecule has 1 aliphatic carbocycles. The Kier molecular flexibility index (Phi) is 3.70. The van der Waals surface area contributed by atoms with Gasteiger partial charge in [0.15, 0.2) is 0 Å². The zero-order valence-corrected chi connectivity index (χ0v) is 10.9. The molecule has 0 heterocycles. The minimum Gasteiger partial charge on any atom is -0.299 e. The predicted octanol–water partition coefficient (Wildman–Crippen LogP) is 3.27. The van der Waals surface area contributed by atoms with E-state index in [1.165, 1.54) is 12.1 Å². The Morgan fingerprint density at radius 1 is 1.11 bits per heavy atom. The molecule has 3 nitrogen and oxygen atoms in total. The van der Waals surface area contributed by atoms with Gasteiger partial charge in [0.2, 0.25) is 0 Å². The largest absolute Gasteiger partial charge is 0.299 e. The molecule has 0 atom stereocenters. The van der Waals surface area contributed by atoms with Crippen LogP contribution in [0.1, 0.15) is 36.3 Å². The van der Waals surface area contributed by atoms with Crippen LogP contribution in [-0.2, 0) is 9.59 Å². The SMILES string of the molecule is N#Cc1cc(Cl)c(C2C(=O)CCCC2=O)c(Cl)c1. The van der Waals surface area contributed by atoms with E-state index < -0.39 is 5.92 Å². The normalized spacial score (nSPS) is 16.7. The third-order valence-corrected chi connectivity index (χ3v) is 3.61. The molecule has 1 aromatic rings. The minimum atomic E-state index is -0.869. The lowest BCUT2D eigenvalue weighted by molar-refractivity contribution is -0.131. The van der Waals surface area contributed by atoms with Crippen LogP contribution in [0.2, 0.25) is 10.0 Å². The van der Waals surface area contributed by atoms with E-state index in [-0.39, 0.29) is 21.6 Å². The molecule has 92 valence electrons. The molecule has 1 saturated carbocycles. The van der Waals surface area contributed by atoms with Crippen molar-refractivity contribution >= 4 is 34.8 Å². The molecular formula is C13H9Cl2NO2. The highest BCUT2D eigenvalue weighted by Crippen LogP contribution is 2.37. The lowest BCUT2D eigenvalue weighted by Gasteiger charge is -2.21. The molecule has 0 bridgehead atoms. The Morgan fingerprint density at radius 3 is 2.06 bits per heavy atom. The first-order valence-electron chi connectivity index (χ1n) is 5.49. The van der Waals surface area contributed by atoms with Crippen molar-refractivity contribution in [2.45, 2.75) is 25.2 Å². The van der Waals surface area contributed by atoms with Gasteiger partial charge in [-0.3, -0.25) is 9.59 Å². The fourth-order valence-electron chi connectivity index (χ4n) is 2.15. The Hall–Kier alpha value is -1.37. The average molecular weight is 282 g/mol. The van der Waals surface area contributed by atoms with E-state index in [1.54, 1.807) is 0 Å². The molecule has 1 aromatic carbocycles. The Bertz CT molecular complexity index is 536. The molecule has 1 fully saturated rings. The number of benzene rings is 1. The fourth-order valence-corrected chi connectivity index (χ4v) is 2.86. The molecule has 0 amide bonds. The van der Waals surface area contributed by atoms with Gasteiger partial charge >= 0.3 is 0 Å². The molecule has 2 rings (SSSR count). The van der Waals surface area contributed by atoms with Gasteiger partial charge in [0.1, 0.15) is 17.5 Å². The molecule has 0 N–H and O–H groups in total. The first kappa shape index (κ1) is 13.1. The maximum Gasteiger partial charge on any atom is 0.147 e. The minimum absolute atomic E-state index is 0.153. The van der Waals surface area contributed by atoms with Gasteiger partial charge in [0.05, 0.1) is 11.6 Å². The number of carbonyl (C=O) groups excluding carboxylic acids is 2. The van der Waals surface area contributed by atoms with Crippen molar-refractivity contribution in [3.8, 4) is 6.07 Å². The van der Waals surface area contributed by atoms with Crippen LogP contribution < -0.4 is 0 Å². The van der Waals surface area contributed by atoms with Crippen LogP contribution in [-0.4, -0.2) is 11.6 Å². The monoisotopic (exact) mass is 281 g/mol. The van der Waals surface area contributed by atoms with Crippen molar-refractivity contribution in [2.75, 3.05) is 0 Å². The quantitative estimate of drug-likeness (QED) is 0.743. The van der Waals surface area contributed by atoms with Crippen LogP contribution in [0, 0.1) is 11.3 Å². The van der Waals surface area contributed by atoms with Crippen LogP contribution >= 0.6 is 23.2 Å². The molecule has 1 aliphatic rings. The van der Waals surface area contributed by atoms with Gasteiger partial charge in [-0.2, -0.15) is 5.26 Å². The lowest BCUT2D eigenvalue weighted by atomic mass is 9.81. The van der Waals surface area contributed by atoms with Gasteiger partial charge < -0.3 is 0 Å². The van der Waals surface area contributed by atoms with E-state index in [2.05, 4.69) is 0 Å². The summed E-state index contributed by atoms with van der Waals surface area (Å²) in [5.41, 5.74) is 0.650. The third-order valence-electron chi connectivity index (χ3n) is 2.99. The van der Waals surface area contributed by atoms with E-state index in [4.69, 9.17) is 28.5 Å². The number of rotatable bonds is 1. The second-order valence-electron chi connectivity index (χ2n) is 4.18. The average Bonchev–Trinajstić information content (AvgIpc) is 2.31. The first-order chi connectivity index (χ1) is 8.54. The van der Waals surface area contributed by atoms with Crippen molar-refractivity contribution in [1.29, 1.82) is 5.26 Å². The molecule has 0 saturated heterocycles. The summed E-state index contributed by atoms with van der Waals surface area (Å²) in [7, 11) is 0. The zero-order valence-electron chi connectivity index (χ0n) is 9.37. The van der Waals surface area contributed by atoms with Crippen LogP contribution in [0.3, 0.4) is 0 Å². The van der Waals surface area contributed by atoms with Crippen molar-refractivity contribution in [3.05, 3.63) is 33.3 Å². The number of hydrogen-bond donors (Lipinski definition) is 0. The summed E-state index contributed by atoms with van der Waals surface area (Å²) in [6.07, 6.45) is 1.31. The Balaban J connectivity index is 2.54. The summed E-state index contributed by atoms with van der Waals surface area (Å²) in [6.45, 7) is 0. The van der Waals surface area contributed by atoms with Crippen LogP contribution in [0.5, 0.6) is 0 Å². The number of nitrogens with zero attached hydrogens (tertiary/aromatic N) is 1. The van der Waals surface area contributed by atoms with Crippen molar-refractivity contribution in [2.24, 2.45) is 0 Å². The summed E-state index contributed by atoms with van der Waals surface area (Å²) >= 11 is 12.1. The molecule has 0 spiro atoms. The van der Waals surface area contributed by atoms with Crippen LogP contribution in [0.25, 0.3) is 0 Å². The molecule has 18 heavy (non-hydrogen) atoms. The fraction of sp³-hybridized carbons (Fsp3) is 0.308. The Labute approximate surface area is 114 Å². The third kappa shape index (κ3) is 2.27. The van der Waals surface area contributed by atoms with E-state index in [0.717, 1.165) is 0 Å². The van der Waals surface area contributed by atoms with Crippen molar-refractivity contribution in [1.82, 2.24) is 0 Å². The standard InChI is InChI=1S/C13H9Cl2NO2/c14-8-4-7(6-16)5-9(15)12(8)13-10(17)2-1-3-11(13)18/h4-5,13H,1-3H2. The van der Waals surface area contributed by atoms with E-state index in [1.807, 2.05) is 6.07 Å². The van der Waals surface area contributed by atoms with Crippen LogP contribution in [0.15, 0.2) is 12.1 Å². The molecule has 0 radical (unpaired) electrons. The van der Waals surface area contributed by atoms with Crippen molar-refractivity contribution in [3.63, 3.8) is 0 Å². The number of halogens is 2. The second-order valence-corrected chi connectivity index (χ2v) is 5.00. The number of carbonyl (C=O) groups is 2. The van der Waals surface area contributed by atoms with Gasteiger partial charge in [-0.1, -0.05) is 23.2 Å². The van der Waals surface area contributed by atoms with Gasteiger partial charge in [-0.05, 0) is 18.6 Å². The van der Waals surface area contributed by atoms with E-state index in [0.29, 0.717) is 30.4 Å². The lowest BCUT2D eigenvalue weighted by Crippen LogP contribution is -2.27. The van der Waals surface area contributed by atoms with Gasteiger partial charge in [-0.15, -0.1) is 0 Å². The highest BCUT2D eigenvalue weighted by molar-refractivity contribution is 6.37. The number of nitriles is 1. The second kappa shape index (κ2) is 5.09. The smallest absolute Gasteiger partial charge is 0.147 e. The summed E-state index contributed by atoms with van der Waals surface area (Å²) in [6, 6.07) is 4.78. The van der Waals surface area contributed by atoms with E-state index in [9.17, 15) is 9.59 Å². The maximum absolute atomic E-state index is 11.9. The van der Waals surface area contributed by atoms with Gasteiger partial charge in [-0.25, -0.2) is 0 Å². The Morgan fingerprint density at radius 2 is 1.61 bits per heavy atom. The molecule has 0 aromatic heterocycles. The summed E-state index contributed by atoms with van der Waals surface area (Å²) in [5.74, 6) is -1.17. The highest BCUT2D eigenvalue weighted by atomic mass is 35.5. The van der Waals surface area contributed by atoms with Gasteiger partial charge in [0.25, 0.3) is 0 Å². The molecule has 5 heteroatoms. The van der Waals surface area contributed by atoms with Crippen LogP contribution in [0.4, 0.5) is 0 Å². The summed E-state index contributed by atoms with van der Waals surface area (Å²) in [5, 5.41) is 9.19. The first-order valence-corrected chi connectivity index (χ1v) is 6.24. The predicted molar refractivity (Wildman–Crippen MR) is 67.8 cm³/mol. The summed E-state index contributed by atoms with van der Waals surface area (Å²) < 4.78 is 0. The number of ketones is 2. The maximum atomic E-state index is 11.9. The molecule has 0 aliphatic heterocycles. The number of hydrogen-bond acceptors (Lipinski definition) is 3. The topological polar surface area (TPSA) is 57.9 Å². The van der Waals surface area contributed by atoms with Gasteiger partial charge in [0, 0.05) is 28.5 Å². The highest BCUT2D eigenvalue weighted by Gasteiger charge is 2.34.